The molecule has 0 saturated heterocycles. The summed E-state index contributed by atoms with van der Waals surface area (Å²) in [6.07, 6.45) is 1.62. The number of nitrogens with zero attached hydrogens (tertiary/aromatic N) is 1. The van der Waals surface area contributed by atoms with E-state index in [4.69, 9.17) is 16.3 Å². The van der Waals surface area contributed by atoms with Crippen LogP contribution in [-0.2, 0) is 6.54 Å². The zero-order chi connectivity index (χ0) is 13.8. The fourth-order valence-electron chi connectivity index (χ4n) is 1.61. The van der Waals surface area contributed by atoms with Crippen LogP contribution in [0.15, 0.2) is 34.9 Å². The second kappa shape index (κ2) is 6.12. The maximum absolute atomic E-state index is 9.97. The van der Waals surface area contributed by atoms with Crippen LogP contribution in [0.5, 0.6) is 11.5 Å². The van der Waals surface area contributed by atoms with Crippen LogP contribution in [0.1, 0.15) is 5.56 Å². The quantitative estimate of drug-likeness (QED) is 0.829. The third-order valence-electron chi connectivity index (χ3n) is 2.58. The predicted octanol–water partition coefficient (Wildman–Crippen LogP) is 3.82. The van der Waals surface area contributed by atoms with E-state index in [1.807, 2.05) is 18.2 Å². The van der Waals surface area contributed by atoms with Crippen LogP contribution < -0.4 is 10.1 Å². The highest BCUT2D eigenvalue weighted by molar-refractivity contribution is 9.10. The molecule has 0 aliphatic carbocycles. The molecule has 0 aliphatic heterocycles. The van der Waals surface area contributed by atoms with Crippen LogP contribution >= 0.6 is 27.5 Å². The topological polar surface area (TPSA) is 54.4 Å². The number of para-hydroxylation sites is 1. The molecule has 4 nitrogen and oxygen atoms in total. The molecule has 0 amide bonds. The normalized spacial score (nSPS) is 10.3. The van der Waals surface area contributed by atoms with E-state index in [0.29, 0.717) is 23.1 Å². The molecule has 0 atom stereocenters. The summed E-state index contributed by atoms with van der Waals surface area (Å²) in [5, 5.41) is 13.5. The summed E-state index contributed by atoms with van der Waals surface area (Å²) in [7, 11) is 1.52. The number of phenolic OH excluding ortho intramolecular Hbond substituents is 1. The average molecular weight is 344 g/mol. The highest BCUT2D eigenvalue weighted by atomic mass is 79.9. The van der Waals surface area contributed by atoms with Gasteiger partial charge in [-0.2, -0.15) is 0 Å². The van der Waals surface area contributed by atoms with Gasteiger partial charge in [0.15, 0.2) is 16.7 Å². The molecule has 0 radical (unpaired) electrons. The van der Waals surface area contributed by atoms with Gasteiger partial charge in [0.05, 0.1) is 12.8 Å². The Kier molecular flexibility index (Phi) is 4.50. The summed E-state index contributed by atoms with van der Waals surface area (Å²) >= 11 is 9.31. The van der Waals surface area contributed by atoms with Crippen molar-refractivity contribution in [3.8, 4) is 11.5 Å². The summed E-state index contributed by atoms with van der Waals surface area (Å²) in [4.78, 5) is 4.02. The van der Waals surface area contributed by atoms with E-state index in [0.717, 1.165) is 10.0 Å². The molecule has 6 heteroatoms. The smallest absolute Gasteiger partial charge is 0.162 e. The molecule has 19 heavy (non-hydrogen) atoms. The standard InChI is InChI=1S/C13H12BrClN2O2/c1-19-11-4-2-3-8(12(11)18)6-16-10-5-9(14)7-17-13(10)15/h2-5,7,16,18H,6H2,1H3. The Balaban J connectivity index is 2.17. The second-order valence-electron chi connectivity index (χ2n) is 3.81. The van der Waals surface area contributed by atoms with Gasteiger partial charge in [-0.05, 0) is 28.1 Å². The third-order valence-corrected chi connectivity index (χ3v) is 3.31. The molecule has 100 valence electrons. The Bertz CT molecular complexity index is 593. The molecule has 2 rings (SSSR count). The molecule has 0 bridgehead atoms. The van der Waals surface area contributed by atoms with Crippen molar-refractivity contribution in [1.29, 1.82) is 0 Å². The van der Waals surface area contributed by atoms with Crippen molar-refractivity contribution in [1.82, 2.24) is 4.98 Å². The first kappa shape index (κ1) is 14.0. The number of methoxy groups -OCH3 is 1. The summed E-state index contributed by atoms with van der Waals surface area (Å²) in [5.41, 5.74) is 1.41. The van der Waals surface area contributed by atoms with Gasteiger partial charge < -0.3 is 15.2 Å². The minimum absolute atomic E-state index is 0.122. The Hall–Kier alpha value is -1.46. The lowest BCUT2D eigenvalue weighted by atomic mass is 10.2. The van der Waals surface area contributed by atoms with Gasteiger partial charge in [-0.15, -0.1) is 0 Å². The van der Waals surface area contributed by atoms with Crippen LogP contribution in [0, 0.1) is 0 Å². The van der Waals surface area contributed by atoms with Gasteiger partial charge in [-0.25, -0.2) is 4.98 Å². The van der Waals surface area contributed by atoms with Crippen molar-refractivity contribution >= 4 is 33.2 Å². The van der Waals surface area contributed by atoms with Crippen molar-refractivity contribution in [3.63, 3.8) is 0 Å². The van der Waals surface area contributed by atoms with E-state index >= 15 is 0 Å². The van der Waals surface area contributed by atoms with Crippen molar-refractivity contribution < 1.29 is 9.84 Å². The molecular weight excluding hydrogens is 332 g/mol. The Morgan fingerprint density at radius 2 is 2.26 bits per heavy atom. The van der Waals surface area contributed by atoms with E-state index in [1.165, 1.54) is 7.11 Å². The van der Waals surface area contributed by atoms with Gasteiger partial charge in [0, 0.05) is 22.8 Å². The molecule has 1 aromatic heterocycles. The number of aromatic nitrogens is 1. The molecule has 0 fully saturated rings. The molecular formula is C13H12BrClN2O2. The van der Waals surface area contributed by atoms with Crippen molar-refractivity contribution in [2.24, 2.45) is 0 Å². The lowest BCUT2D eigenvalue weighted by Crippen LogP contribution is -2.01. The van der Waals surface area contributed by atoms with Crippen LogP contribution in [0.2, 0.25) is 5.15 Å². The number of phenols is 1. The number of nitrogens with one attached hydrogen (secondary N) is 1. The lowest BCUT2D eigenvalue weighted by Gasteiger charge is -2.11. The van der Waals surface area contributed by atoms with Gasteiger partial charge in [-0.1, -0.05) is 23.7 Å². The number of anilines is 1. The molecule has 0 spiro atoms. The molecule has 1 aromatic carbocycles. The van der Waals surface area contributed by atoms with Gasteiger partial charge in [-0.3, -0.25) is 0 Å². The minimum atomic E-state index is 0.122. The summed E-state index contributed by atoms with van der Waals surface area (Å²) < 4.78 is 5.88. The van der Waals surface area contributed by atoms with Gasteiger partial charge in [0.25, 0.3) is 0 Å². The number of ether oxygens (including phenoxy) is 1. The number of aromatic hydroxyl groups is 1. The van der Waals surface area contributed by atoms with Crippen molar-refractivity contribution in [3.05, 3.63) is 45.7 Å². The maximum Gasteiger partial charge on any atom is 0.162 e. The zero-order valence-corrected chi connectivity index (χ0v) is 12.5. The predicted molar refractivity (Wildman–Crippen MR) is 78.9 cm³/mol. The second-order valence-corrected chi connectivity index (χ2v) is 5.09. The molecule has 0 aliphatic rings. The third kappa shape index (κ3) is 3.30. The van der Waals surface area contributed by atoms with Gasteiger partial charge in [0.1, 0.15) is 0 Å². The summed E-state index contributed by atoms with van der Waals surface area (Å²) in [6, 6.07) is 7.15. The molecule has 2 aromatic rings. The Morgan fingerprint density at radius 1 is 1.47 bits per heavy atom. The number of benzene rings is 1. The monoisotopic (exact) mass is 342 g/mol. The number of hydrogen-bond donors (Lipinski definition) is 2. The van der Waals surface area contributed by atoms with Crippen molar-refractivity contribution in [2.45, 2.75) is 6.54 Å². The van der Waals surface area contributed by atoms with E-state index in [-0.39, 0.29) is 5.75 Å². The molecule has 0 saturated carbocycles. The highest BCUT2D eigenvalue weighted by Gasteiger charge is 2.08. The number of rotatable bonds is 4. The van der Waals surface area contributed by atoms with E-state index < -0.39 is 0 Å². The Morgan fingerprint density at radius 3 is 3.00 bits per heavy atom. The van der Waals surface area contributed by atoms with Crippen LogP contribution in [0.25, 0.3) is 0 Å². The molecule has 1 heterocycles. The van der Waals surface area contributed by atoms with E-state index in [2.05, 4.69) is 26.2 Å². The first-order chi connectivity index (χ1) is 9.11. The largest absolute Gasteiger partial charge is 0.504 e. The maximum atomic E-state index is 9.97. The fraction of sp³-hybridized carbons (Fsp3) is 0.154. The first-order valence-electron chi connectivity index (χ1n) is 5.51. The molecule has 2 N–H and O–H groups in total. The SMILES string of the molecule is COc1cccc(CNc2cc(Br)cnc2Cl)c1O. The first-order valence-corrected chi connectivity index (χ1v) is 6.68. The van der Waals surface area contributed by atoms with Gasteiger partial charge >= 0.3 is 0 Å². The fourth-order valence-corrected chi connectivity index (χ4v) is 2.11. The average Bonchev–Trinajstić information content (AvgIpc) is 2.41. The van der Waals surface area contributed by atoms with Crippen LogP contribution in [0.4, 0.5) is 5.69 Å². The zero-order valence-electron chi connectivity index (χ0n) is 10.2. The highest BCUT2D eigenvalue weighted by Crippen LogP contribution is 2.30. The number of pyridine rings is 1. The van der Waals surface area contributed by atoms with Gasteiger partial charge in [0.2, 0.25) is 0 Å². The number of halogens is 2. The summed E-state index contributed by atoms with van der Waals surface area (Å²) in [5.74, 6) is 0.564. The van der Waals surface area contributed by atoms with E-state index in [9.17, 15) is 5.11 Å². The number of hydrogen-bond acceptors (Lipinski definition) is 4. The minimum Gasteiger partial charge on any atom is -0.504 e. The summed E-state index contributed by atoms with van der Waals surface area (Å²) in [6.45, 7) is 0.418. The molecule has 0 unspecified atom stereocenters. The Labute approximate surface area is 124 Å². The van der Waals surface area contributed by atoms with Crippen LogP contribution in [0.3, 0.4) is 0 Å². The van der Waals surface area contributed by atoms with Crippen LogP contribution in [-0.4, -0.2) is 17.2 Å². The lowest BCUT2D eigenvalue weighted by molar-refractivity contribution is 0.371. The van der Waals surface area contributed by atoms with E-state index in [1.54, 1.807) is 12.3 Å². The van der Waals surface area contributed by atoms with Crippen molar-refractivity contribution in [2.75, 3.05) is 12.4 Å².